The minimum atomic E-state index is -0.578. The summed E-state index contributed by atoms with van der Waals surface area (Å²) in [5, 5.41) is 10.8. The second kappa shape index (κ2) is 11.0. The second-order valence-electron chi connectivity index (χ2n) is 8.48. The molecule has 7 nitrogen and oxygen atoms in total. The highest BCUT2D eigenvalue weighted by Crippen LogP contribution is 2.33. The van der Waals surface area contributed by atoms with Crippen LogP contribution in [0.5, 0.6) is 5.75 Å². The molecule has 3 heterocycles. The number of nitrogens with zero attached hydrogens (tertiary/aromatic N) is 3. The molecule has 4 aromatic rings. The van der Waals surface area contributed by atoms with E-state index in [1.165, 1.54) is 22.7 Å². The van der Waals surface area contributed by atoms with Gasteiger partial charge in [-0.15, -0.1) is 11.3 Å². The van der Waals surface area contributed by atoms with Gasteiger partial charge >= 0.3 is 5.97 Å². The van der Waals surface area contributed by atoms with Crippen LogP contribution < -0.4 is 19.6 Å². The molecular formula is C29H23N3O4S2. The summed E-state index contributed by atoms with van der Waals surface area (Å²) < 4.78 is 13.3. The van der Waals surface area contributed by atoms with Gasteiger partial charge in [0.05, 0.1) is 34.0 Å². The van der Waals surface area contributed by atoms with Crippen LogP contribution in [0.2, 0.25) is 0 Å². The van der Waals surface area contributed by atoms with Gasteiger partial charge in [0.2, 0.25) is 0 Å². The van der Waals surface area contributed by atoms with Crippen molar-refractivity contribution in [3.63, 3.8) is 0 Å². The highest BCUT2D eigenvalue weighted by Gasteiger charge is 2.33. The van der Waals surface area contributed by atoms with E-state index in [9.17, 15) is 9.59 Å². The Morgan fingerprint density at radius 1 is 1.16 bits per heavy atom. The van der Waals surface area contributed by atoms with Crippen molar-refractivity contribution in [3.05, 3.63) is 119 Å². The number of hydrogen-bond donors (Lipinski definition) is 0. The van der Waals surface area contributed by atoms with Gasteiger partial charge in [0.25, 0.3) is 5.56 Å². The first-order valence-corrected chi connectivity index (χ1v) is 13.6. The van der Waals surface area contributed by atoms with E-state index in [-0.39, 0.29) is 12.2 Å². The molecule has 190 valence electrons. The molecule has 2 aromatic heterocycles. The van der Waals surface area contributed by atoms with Crippen LogP contribution in [0.1, 0.15) is 41.5 Å². The summed E-state index contributed by atoms with van der Waals surface area (Å²) in [7, 11) is 0. The number of carbonyl (C=O) groups excluding carboxylic acids is 1. The number of esters is 1. The molecule has 0 saturated carbocycles. The maximum absolute atomic E-state index is 13.6. The molecule has 0 unspecified atom stereocenters. The topological polar surface area (TPSA) is 93.7 Å². The Morgan fingerprint density at radius 3 is 2.58 bits per heavy atom. The minimum absolute atomic E-state index is 0.206. The largest absolute Gasteiger partial charge is 0.489 e. The molecule has 0 amide bonds. The van der Waals surface area contributed by atoms with Crippen molar-refractivity contribution in [2.75, 3.05) is 6.61 Å². The fourth-order valence-electron chi connectivity index (χ4n) is 4.16. The standard InChI is InChI=1S/C29H23N3O4S2/c1-3-35-28(34)25-18(2)31-29-32(26(25)23-5-4-14-37-23)27(33)24(38-29)15-19-10-12-22(13-11-19)36-17-21-8-6-20(16-30)7-9-21/h4-15,26H,3,17H2,1-2H3/b24-15-/t26-/m0/s1. The third-order valence-electron chi connectivity index (χ3n) is 6.00. The predicted octanol–water partition coefficient (Wildman–Crippen LogP) is 4.31. The highest BCUT2D eigenvalue weighted by molar-refractivity contribution is 7.10. The van der Waals surface area contributed by atoms with Gasteiger partial charge in [-0.2, -0.15) is 5.26 Å². The van der Waals surface area contributed by atoms with Crippen molar-refractivity contribution in [1.82, 2.24) is 4.57 Å². The lowest BCUT2D eigenvalue weighted by Gasteiger charge is -2.23. The highest BCUT2D eigenvalue weighted by atomic mass is 32.1. The number of ether oxygens (including phenoxy) is 2. The molecule has 0 radical (unpaired) electrons. The zero-order chi connectivity index (χ0) is 26.6. The molecule has 0 fully saturated rings. The molecule has 1 atom stereocenters. The van der Waals surface area contributed by atoms with Crippen molar-refractivity contribution < 1.29 is 14.3 Å². The first-order valence-electron chi connectivity index (χ1n) is 11.9. The third kappa shape index (κ3) is 5.09. The van der Waals surface area contributed by atoms with Gasteiger partial charge in [0.15, 0.2) is 4.80 Å². The van der Waals surface area contributed by atoms with Crippen LogP contribution in [0.25, 0.3) is 6.08 Å². The molecule has 0 N–H and O–H groups in total. The number of benzene rings is 2. The number of hydrogen-bond acceptors (Lipinski definition) is 8. The average Bonchev–Trinajstić information content (AvgIpc) is 3.56. The molecule has 5 rings (SSSR count). The molecule has 0 spiro atoms. The number of rotatable bonds is 7. The zero-order valence-electron chi connectivity index (χ0n) is 20.7. The van der Waals surface area contributed by atoms with E-state index in [2.05, 4.69) is 11.1 Å². The van der Waals surface area contributed by atoms with Crippen LogP contribution in [-0.2, 0) is 16.1 Å². The monoisotopic (exact) mass is 541 g/mol. The molecule has 38 heavy (non-hydrogen) atoms. The summed E-state index contributed by atoms with van der Waals surface area (Å²) in [6, 6.07) is 20.1. The summed E-state index contributed by atoms with van der Waals surface area (Å²) >= 11 is 2.78. The maximum atomic E-state index is 13.6. The normalized spacial score (nSPS) is 15.0. The van der Waals surface area contributed by atoms with Gasteiger partial charge in [-0.1, -0.05) is 41.7 Å². The Balaban J connectivity index is 1.44. The molecule has 1 aliphatic rings. The van der Waals surface area contributed by atoms with Crippen molar-refractivity contribution in [1.29, 1.82) is 5.26 Å². The summed E-state index contributed by atoms with van der Waals surface area (Å²) in [6.07, 6.45) is 1.82. The Morgan fingerprint density at radius 2 is 1.92 bits per heavy atom. The molecule has 9 heteroatoms. The van der Waals surface area contributed by atoms with Crippen LogP contribution in [0.3, 0.4) is 0 Å². The fraction of sp³-hybridized carbons (Fsp3) is 0.172. The molecule has 0 bridgehead atoms. The predicted molar refractivity (Wildman–Crippen MR) is 147 cm³/mol. The molecule has 1 aliphatic heterocycles. The molecule has 2 aromatic carbocycles. The number of thiophene rings is 1. The Labute approximate surface area is 226 Å². The van der Waals surface area contributed by atoms with Gasteiger partial charge in [-0.05, 0) is 66.8 Å². The quantitative estimate of drug-likeness (QED) is 0.325. The number of carbonyl (C=O) groups is 1. The van der Waals surface area contributed by atoms with Crippen LogP contribution in [-0.4, -0.2) is 17.1 Å². The lowest BCUT2D eigenvalue weighted by molar-refractivity contribution is -0.139. The first kappa shape index (κ1) is 25.4. The van der Waals surface area contributed by atoms with E-state index in [1.807, 2.05) is 60.0 Å². The third-order valence-corrected chi connectivity index (χ3v) is 7.90. The Bertz CT molecular complexity index is 1720. The number of fused-ring (bicyclic) bond motifs is 1. The molecule has 0 aliphatic carbocycles. The Hall–Kier alpha value is -4.26. The van der Waals surface area contributed by atoms with Crippen LogP contribution in [0.15, 0.2) is 87.1 Å². The van der Waals surface area contributed by atoms with Gasteiger partial charge in [-0.25, -0.2) is 9.79 Å². The van der Waals surface area contributed by atoms with Crippen LogP contribution in [0, 0.1) is 11.3 Å². The number of nitriles is 1. The van der Waals surface area contributed by atoms with Gasteiger partial charge in [-0.3, -0.25) is 9.36 Å². The number of thiazole rings is 1. The van der Waals surface area contributed by atoms with Gasteiger partial charge < -0.3 is 9.47 Å². The van der Waals surface area contributed by atoms with Crippen molar-refractivity contribution in [2.45, 2.75) is 26.5 Å². The average molecular weight is 542 g/mol. The fourth-order valence-corrected chi connectivity index (χ4v) is 6.03. The SMILES string of the molecule is CCOC(=O)C1=C(C)N=c2s/c(=C\c3ccc(OCc4ccc(C#N)cc4)cc3)c(=O)n2[C@H]1c1cccs1. The van der Waals surface area contributed by atoms with E-state index < -0.39 is 12.0 Å². The molecule has 0 saturated heterocycles. The van der Waals surface area contributed by atoms with Crippen molar-refractivity contribution >= 4 is 34.7 Å². The van der Waals surface area contributed by atoms with Crippen LogP contribution in [0.4, 0.5) is 0 Å². The van der Waals surface area contributed by atoms with E-state index in [0.717, 1.165) is 16.0 Å². The summed E-state index contributed by atoms with van der Waals surface area (Å²) in [5.74, 6) is 0.235. The van der Waals surface area contributed by atoms with Crippen LogP contribution >= 0.6 is 22.7 Å². The lowest BCUT2D eigenvalue weighted by atomic mass is 10.0. The van der Waals surface area contributed by atoms with E-state index in [4.69, 9.17) is 14.7 Å². The summed E-state index contributed by atoms with van der Waals surface area (Å²) in [6.45, 7) is 4.16. The van der Waals surface area contributed by atoms with Crippen molar-refractivity contribution in [3.8, 4) is 11.8 Å². The van der Waals surface area contributed by atoms with Gasteiger partial charge in [0, 0.05) is 4.88 Å². The van der Waals surface area contributed by atoms with E-state index in [0.29, 0.717) is 38.5 Å². The number of aromatic nitrogens is 1. The second-order valence-corrected chi connectivity index (χ2v) is 10.5. The summed E-state index contributed by atoms with van der Waals surface area (Å²) in [4.78, 5) is 32.5. The van der Waals surface area contributed by atoms with Gasteiger partial charge in [0.1, 0.15) is 18.4 Å². The number of allylic oxidation sites excluding steroid dienone is 1. The van der Waals surface area contributed by atoms with E-state index >= 15 is 0 Å². The Kier molecular flexibility index (Phi) is 7.36. The zero-order valence-corrected chi connectivity index (χ0v) is 22.3. The lowest BCUT2D eigenvalue weighted by Crippen LogP contribution is -2.39. The smallest absolute Gasteiger partial charge is 0.338 e. The minimum Gasteiger partial charge on any atom is -0.489 e. The van der Waals surface area contributed by atoms with E-state index in [1.54, 1.807) is 30.5 Å². The first-order chi connectivity index (χ1) is 18.5. The summed E-state index contributed by atoms with van der Waals surface area (Å²) in [5.41, 5.74) is 3.15. The molecular weight excluding hydrogens is 518 g/mol. The maximum Gasteiger partial charge on any atom is 0.338 e. The van der Waals surface area contributed by atoms with Crippen molar-refractivity contribution in [2.24, 2.45) is 4.99 Å².